The zero-order valence-electron chi connectivity index (χ0n) is 25.3. The number of carbonyl (C=O) groups excluding carboxylic acids is 1. The van der Waals surface area contributed by atoms with Crippen LogP contribution in [-0.4, -0.2) is 62.5 Å². The van der Waals surface area contributed by atoms with Crippen LogP contribution in [0.15, 0.2) is 54.6 Å². The number of aliphatic hydroxyl groups is 1. The molecule has 0 bridgehead atoms. The van der Waals surface area contributed by atoms with Crippen molar-refractivity contribution in [2.24, 2.45) is 0 Å². The molecule has 2 atom stereocenters. The number of methoxy groups -OCH3 is 1. The third-order valence-corrected chi connectivity index (χ3v) is 9.60. The van der Waals surface area contributed by atoms with Crippen LogP contribution in [0.25, 0.3) is 43.9 Å². The number of aromatic nitrogens is 4. The summed E-state index contributed by atoms with van der Waals surface area (Å²) in [6.07, 6.45) is 3.74. The largest absolute Gasteiger partial charge is 0.490 e. The predicted molar refractivity (Wildman–Crippen MR) is 170 cm³/mol. The molecule has 9 nitrogen and oxygen atoms in total. The van der Waals surface area contributed by atoms with Crippen molar-refractivity contribution in [3.63, 3.8) is 0 Å². The van der Waals surface area contributed by atoms with Crippen molar-refractivity contribution in [1.29, 1.82) is 0 Å². The minimum atomic E-state index is -0.805. The van der Waals surface area contributed by atoms with Crippen LogP contribution in [0.3, 0.4) is 0 Å². The highest BCUT2D eigenvalue weighted by Crippen LogP contribution is 2.48. The number of fused-ring (bicyclic) bond motifs is 3. The van der Waals surface area contributed by atoms with Crippen molar-refractivity contribution in [3.8, 4) is 39.5 Å². The van der Waals surface area contributed by atoms with Gasteiger partial charge in [0.2, 0.25) is 5.91 Å². The molecule has 1 aromatic carbocycles. The van der Waals surface area contributed by atoms with Crippen LogP contribution in [0, 0.1) is 11.6 Å². The number of carbonyl (C=O) groups is 1. The summed E-state index contributed by atoms with van der Waals surface area (Å²) in [4.78, 5) is 24.1. The van der Waals surface area contributed by atoms with E-state index in [2.05, 4.69) is 11.6 Å². The van der Waals surface area contributed by atoms with Crippen molar-refractivity contribution in [2.75, 3.05) is 26.9 Å². The van der Waals surface area contributed by atoms with Crippen LogP contribution >= 0.6 is 11.3 Å². The van der Waals surface area contributed by atoms with E-state index in [1.54, 1.807) is 11.1 Å². The van der Waals surface area contributed by atoms with Crippen LogP contribution < -0.4 is 4.74 Å². The van der Waals surface area contributed by atoms with E-state index in [9.17, 15) is 14.3 Å². The minimum absolute atomic E-state index is 0.0162. The van der Waals surface area contributed by atoms with Crippen molar-refractivity contribution < 1.29 is 28.2 Å². The highest BCUT2D eigenvalue weighted by Gasteiger charge is 2.32. The summed E-state index contributed by atoms with van der Waals surface area (Å²) in [6.45, 7) is 6.75. The van der Waals surface area contributed by atoms with E-state index in [1.165, 1.54) is 24.5 Å². The van der Waals surface area contributed by atoms with E-state index in [4.69, 9.17) is 19.6 Å². The number of aryl methyl sites for hydroxylation is 1. The first-order valence-corrected chi connectivity index (χ1v) is 15.9. The lowest BCUT2D eigenvalue weighted by Crippen LogP contribution is -2.40. The van der Waals surface area contributed by atoms with Crippen LogP contribution in [0.4, 0.5) is 8.78 Å². The van der Waals surface area contributed by atoms with Gasteiger partial charge in [0.1, 0.15) is 35.4 Å². The number of aliphatic hydroxyl groups excluding tert-OH is 1. The average Bonchev–Trinajstić information content (AvgIpc) is 3.80. The zero-order chi connectivity index (χ0) is 32.1. The zero-order valence-corrected chi connectivity index (χ0v) is 26.1. The summed E-state index contributed by atoms with van der Waals surface area (Å²) in [6, 6.07) is 7.38. The van der Waals surface area contributed by atoms with Crippen molar-refractivity contribution >= 4 is 27.3 Å². The Labute approximate surface area is 267 Å². The Hall–Kier alpha value is -4.52. The standard InChI is InChI=1S/C34H31F2N5O4S/c1-4-29(43)40-8-9-41-26(18(40)2)16-25(39-41)33-31(30-23(36)14-20(35)15-28(30)45-11-10-44-3)34-21(7-12-46-34)32(38-33)19-13-22-24(37-17-19)5-6-27(22)42/h4,7,12-18,27,42H,1,5-6,8-11H2,2-3H3. The number of thiophene rings is 1. The third kappa shape index (κ3) is 5.06. The number of hydrogen-bond donors (Lipinski definition) is 1. The second-order valence-electron chi connectivity index (χ2n) is 11.4. The van der Waals surface area contributed by atoms with Crippen LogP contribution in [0.5, 0.6) is 5.75 Å². The van der Waals surface area contributed by atoms with E-state index in [0.717, 1.165) is 34.5 Å². The molecule has 1 aliphatic heterocycles. The number of benzene rings is 1. The minimum Gasteiger partial charge on any atom is -0.490 e. The maximum Gasteiger partial charge on any atom is 0.246 e. The molecule has 12 heteroatoms. The number of halogens is 2. The Morgan fingerprint density at radius 3 is 2.83 bits per heavy atom. The van der Waals surface area contributed by atoms with E-state index in [1.807, 2.05) is 35.2 Å². The van der Waals surface area contributed by atoms with Gasteiger partial charge < -0.3 is 19.5 Å². The lowest BCUT2D eigenvalue weighted by Gasteiger charge is -2.33. The molecule has 7 rings (SSSR count). The molecular formula is C34H31F2N5O4S. The van der Waals surface area contributed by atoms with Crippen LogP contribution in [0.1, 0.15) is 42.4 Å². The van der Waals surface area contributed by atoms with Gasteiger partial charge >= 0.3 is 0 Å². The fraction of sp³-hybridized carbons (Fsp3) is 0.294. The first-order valence-electron chi connectivity index (χ1n) is 15.0. The molecule has 2 unspecified atom stereocenters. The molecule has 1 amide bonds. The van der Waals surface area contributed by atoms with Gasteiger partial charge in [0.25, 0.3) is 0 Å². The second-order valence-corrected chi connectivity index (χ2v) is 12.3. The molecule has 0 radical (unpaired) electrons. The van der Waals surface area contributed by atoms with E-state index >= 15 is 4.39 Å². The summed E-state index contributed by atoms with van der Waals surface area (Å²) >= 11 is 1.40. The quantitative estimate of drug-likeness (QED) is 0.157. The normalized spacial score (nSPS) is 17.3. The molecule has 1 aliphatic carbocycles. The maximum atomic E-state index is 16.0. The number of pyridine rings is 2. The number of ether oxygens (including phenoxy) is 2. The van der Waals surface area contributed by atoms with Gasteiger partial charge in [0, 0.05) is 64.5 Å². The SMILES string of the molecule is C=CC(=O)N1CCn2nc(-c3nc(-c4cnc5c(c4)C(O)CC5)c4ccsc4c3-c3c(F)cc(F)cc3OCCOC)cc2C1C. The molecule has 0 spiro atoms. The second kappa shape index (κ2) is 12.0. The van der Waals surface area contributed by atoms with E-state index < -0.39 is 17.7 Å². The van der Waals surface area contributed by atoms with Gasteiger partial charge in [-0.2, -0.15) is 5.10 Å². The smallest absolute Gasteiger partial charge is 0.246 e. The van der Waals surface area contributed by atoms with Gasteiger partial charge in [0.05, 0.1) is 42.2 Å². The Bertz CT molecular complexity index is 2010. The summed E-state index contributed by atoms with van der Waals surface area (Å²) in [5.41, 5.74) is 5.00. The number of rotatable bonds is 8. The summed E-state index contributed by atoms with van der Waals surface area (Å²) in [7, 11) is 1.52. The molecule has 0 saturated heterocycles. The summed E-state index contributed by atoms with van der Waals surface area (Å²) in [5, 5.41) is 18.2. The maximum absolute atomic E-state index is 16.0. The highest BCUT2D eigenvalue weighted by atomic mass is 32.1. The Morgan fingerprint density at radius 1 is 1.17 bits per heavy atom. The lowest BCUT2D eigenvalue weighted by molar-refractivity contribution is -0.129. The topological polar surface area (TPSA) is 103 Å². The molecule has 236 valence electrons. The monoisotopic (exact) mass is 643 g/mol. The molecule has 4 aromatic heterocycles. The van der Waals surface area contributed by atoms with E-state index in [-0.39, 0.29) is 36.5 Å². The molecular weight excluding hydrogens is 612 g/mol. The first-order chi connectivity index (χ1) is 22.3. The van der Waals surface area contributed by atoms with Gasteiger partial charge in [-0.25, -0.2) is 13.8 Å². The van der Waals surface area contributed by atoms with Crippen LogP contribution in [0.2, 0.25) is 0 Å². The van der Waals surface area contributed by atoms with Gasteiger partial charge in [-0.3, -0.25) is 14.5 Å². The molecule has 5 heterocycles. The Kier molecular flexibility index (Phi) is 7.87. The molecule has 5 aromatic rings. The summed E-state index contributed by atoms with van der Waals surface area (Å²) < 4.78 is 44.2. The van der Waals surface area contributed by atoms with Gasteiger partial charge in [-0.1, -0.05) is 6.58 Å². The fourth-order valence-electron chi connectivity index (χ4n) is 6.41. The number of nitrogens with zero attached hydrogens (tertiary/aromatic N) is 5. The fourth-order valence-corrected chi connectivity index (χ4v) is 7.35. The Morgan fingerprint density at radius 2 is 2.02 bits per heavy atom. The number of amides is 1. The van der Waals surface area contributed by atoms with Gasteiger partial charge in [0.15, 0.2) is 0 Å². The lowest BCUT2D eigenvalue weighted by atomic mass is 9.96. The molecule has 46 heavy (non-hydrogen) atoms. The first kappa shape index (κ1) is 30.2. The van der Waals surface area contributed by atoms with Crippen molar-refractivity contribution in [2.45, 2.75) is 38.5 Å². The van der Waals surface area contributed by atoms with Crippen molar-refractivity contribution in [1.82, 2.24) is 24.6 Å². The highest BCUT2D eigenvalue weighted by molar-refractivity contribution is 7.18. The Balaban J connectivity index is 1.49. The number of hydrogen-bond acceptors (Lipinski definition) is 8. The van der Waals surface area contributed by atoms with Gasteiger partial charge in [-0.15, -0.1) is 11.3 Å². The molecule has 0 saturated carbocycles. The summed E-state index contributed by atoms with van der Waals surface area (Å²) in [5.74, 6) is -1.74. The third-order valence-electron chi connectivity index (χ3n) is 8.67. The average molecular weight is 644 g/mol. The van der Waals surface area contributed by atoms with Crippen molar-refractivity contribution in [3.05, 3.63) is 83.1 Å². The predicted octanol–water partition coefficient (Wildman–Crippen LogP) is 6.26. The molecule has 1 N–H and O–H groups in total. The van der Waals surface area contributed by atoms with Gasteiger partial charge in [-0.05, 0) is 49.4 Å². The van der Waals surface area contributed by atoms with E-state index in [0.29, 0.717) is 58.8 Å². The molecule has 0 fully saturated rings. The molecule has 2 aliphatic rings. The van der Waals surface area contributed by atoms with Crippen LogP contribution in [-0.2, 0) is 22.5 Å².